The van der Waals surface area contributed by atoms with Crippen LogP contribution in [0.3, 0.4) is 0 Å². The molecule has 0 radical (unpaired) electrons. The van der Waals surface area contributed by atoms with Gasteiger partial charge in [-0.3, -0.25) is 20.4 Å². The van der Waals surface area contributed by atoms with E-state index in [2.05, 4.69) is 0 Å². The second-order valence-electron chi connectivity index (χ2n) is 10.4. The highest BCUT2D eigenvalue weighted by molar-refractivity contribution is 6.02. The summed E-state index contributed by atoms with van der Waals surface area (Å²) in [6, 6.07) is 13.3. The number of nitrogen functional groups attached to an aromatic ring is 2. The lowest BCUT2D eigenvalue weighted by atomic mass is 10.1. The summed E-state index contributed by atoms with van der Waals surface area (Å²) in [5.74, 6) is -0.215. The number of nitrogens with zero attached hydrogens (tertiary/aromatic N) is 4. The molecule has 2 aliphatic heterocycles. The molecule has 2 aliphatic rings. The first kappa shape index (κ1) is 26.9. The van der Waals surface area contributed by atoms with E-state index in [1.165, 1.54) is 0 Å². The van der Waals surface area contributed by atoms with Crippen molar-refractivity contribution >= 4 is 51.5 Å². The second kappa shape index (κ2) is 10.6. The monoisotopic (exact) mass is 570 g/mol. The van der Waals surface area contributed by atoms with Crippen LogP contribution in [0, 0.1) is 10.8 Å². The minimum absolute atomic E-state index is 0.0592. The van der Waals surface area contributed by atoms with Gasteiger partial charge in [0.05, 0.1) is 0 Å². The molecule has 0 atom stereocenters. The molecule has 0 aliphatic carbocycles. The second-order valence-corrected chi connectivity index (χ2v) is 10.4. The van der Waals surface area contributed by atoms with E-state index < -0.39 is 0 Å². The normalized spacial score (nSPS) is 15.8. The van der Waals surface area contributed by atoms with E-state index in [4.69, 9.17) is 31.1 Å². The summed E-state index contributed by atoms with van der Waals surface area (Å²) < 4.78 is 11.5. The number of carbonyl (C=O) groups is 3. The molecule has 0 saturated carbocycles. The lowest BCUT2D eigenvalue weighted by Crippen LogP contribution is -2.58. The molecule has 6 rings (SSSR count). The first-order chi connectivity index (χ1) is 20.2. The first-order valence-electron chi connectivity index (χ1n) is 13.6. The quantitative estimate of drug-likeness (QED) is 0.213. The maximum Gasteiger partial charge on any atom is 0.320 e. The number of amidine groups is 2. The Labute approximate surface area is 240 Å². The number of carbonyl (C=O) groups excluding carboxylic acids is 3. The van der Waals surface area contributed by atoms with Gasteiger partial charge in [0.2, 0.25) is 0 Å². The van der Waals surface area contributed by atoms with E-state index in [1.54, 1.807) is 68.1 Å². The van der Waals surface area contributed by atoms with Crippen LogP contribution in [0.2, 0.25) is 0 Å². The lowest BCUT2D eigenvalue weighted by molar-refractivity contribution is 0.0543. The van der Waals surface area contributed by atoms with Crippen molar-refractivity contribution in [3.05, 3.63) is 71.2 Å². The molecular weight excluding hydrogens is 540 g/mol. The molecule has 4 aromatic rings. The number of rotatable bonds is 4. The fraction of sp³-hybridized carbons (Fsp3) is 0.276. The minimum atomic E-state index is -0.252. The maximum atomic E-state index is 13.2. The Balaban J connectivity index is 1.02. The van der Waals surface area contributed by atoms with E-state index in [0.29, 0.717) is 85.4 Å². The van der Waals surface area contributed by atoms with Crippen LogP contribution >= 0.6 is 0 Å². The zero-order valence-electron chi connectivity index (χ0n) is 22.8. The predicted molar refractivity (Wildman–Crippen MR) is 155 cm³/mol. The van der Waals surface area contributed by atoms with Gasteiger partial charge in [0.1, 0.15) is 22.8 Å². The number of furan rings is 2. The largest absolute Gasteiger partial charge is 0.451 e. The van der Waals surface area contributed by atoms with Crippen molar-refractivity contribution in [3.8, 4) is 0 Å². The topological polar surface area (TPSA) is 190 Å². The van der Waals surface area contributed by atoms with Crippen LogP contribution in [0.25, 0.3) is 21.9 Å². The van der Waals surface area contributed by atoms with Gasteiger partial charge in [0, 0.05) is 74.3 Å². The minimum Gasteiger partial charge on any atom is -0.451 e. The summed E-state index contributed by atoms with van der Waals surface area (Å²) in [6.45, 7) is 3.04. The van der Waals surface area contributed by atoms with E-state index in [1.807, 2.05) is 0 Å². The Hall–Kier alpha value is -5.33. The van der Waals surface area contributed by atoms with Crippen LogP contribution in [0.15, 0.2) is 57.4 Å². The number of urea groups is 1. The molecule has 2 aromatic carbocycles. The molecule has 216 valence electrons. The van der Waals surface area contributed by atoms with Crippen molar-refractivity contribution in [1.82, 2.24) is 19.6 Å². The van der Waals surface area contributed by atoms with Crippen molar-refractivity contribution in [3.63, 3.8) is 0 Å². The Morgan fingerprint density at radius 1 is 0.571 bits per heavy atom. The van der Waals surface area contributed by atoms with E-state index in [-0.39, 0.29) is 41.0 Å². The van der Waals surface area contributed by atoms with Crippen LogP contribution in [0.5, 0.6) is 0 Å². The number of hydrogen-bond donors (Lipinski definition) is 4. The van der Waals surface area contributed by atoms with E-state index >= 15 is 0 Å². The fourth-order valence-corrected chi connectivity index (χ4v) is 5.35. The van der Waals surface area contributed by atoms with Gasteiger partial charge in [-0.15, -0.1) is 0 Å². The summed E-state index contributed by atoms with van der Waals surface area (Å²) in [7, 11) is 0. The standard InChI is InChI=1S/C29H30N8O5/c30-25(31)17-1-3-21-19(13-17)15-23(41-21)27(38)34-5-9-36(10-6-34)29(40)37-11-7-35(8-12-37)28(39)24-16-20-14-18(26(32)33)2-4-22(20)42-24/h1-4,13-16H,5-12H2,(H3,30,31)(H3,32,33). The molecule has 0 unspecified atom stereocenters. The van der Waals surface area contributed by atoms with E-state index in [0.717, 1.165) is 0 Å². The van der Waals surface area contributed by atoms with Crippen molar-refractivity contribution in [2.75, 3.05) is 52.4 Å². The van der Waals surface area contributed by atoms with Gasteiger partial charge < -0.3 is 39.9 Å². The third-order valence-electron chi connectivity index (χ3n) is 7.75. The first-order valence-corrected chi connectivity index (χ1v) is 13.6. The third-order valence-corrected chi connectivity index (χ3v) is 7.75. The molecule has 2 aromatic heterocycles. The van der Waals surface area contributed by atoms with Gasteiger partial charge in [0.15, 0.2) is 11.5 Å². The molecular formula is C29H30N8O5. The Morgan fingerprint density at radius 2 is 0.929 bits per heavy atom. The number of amides is 4. The lowest BCUT2D eigenvalue weighted by Gasteiger charge is -2.40. The maximum absolute atomic E-state index is 13.2. The molecule has 6 N–H and O–H groups in total. The number of fused-ring (bicyclic) bond motifs is 2. The van der Waals surface area contributed by atoms with Gasteiger partial charge in [-0.25, -0.2) is 4.79 Å². The van der Waals surface area contributed by atoms with Crippen molar-refractivity contribution in [2.24, 2.45) is 11.5 Å². The van der Waals surface area contributed by atoms with Gasteiger partial charge in [-0.1, -0.05) is 0 Å². The smallest absolute Gasteiger partial charge is 0.320 e. The van der Waals surface area contributed by atoms with Gasteiger partial charge in [-0.05, 0) is 48.5 Å². The highest BCUT2D eigenvalue weighted by Crippen LogP contribution is 2.24. The highest BCUT2D eigenvalue weighted by atomic mass is 16.4. The Bertz CT molecular complexity index is 1620. The molecule has 13 heteroatoms. The Morgan fingerprint density at radius 3 is 1.29 bits per heavy atom. The molecule has 4 amide bonds. The van der Waals surface area contributed by atoms with Crippen molar-refractivity contribution in [1.29, 1.82) is 10.8 Å². The Kier molecular flexibility index (Phi) is 6.77. The predicted octanol–water partition coefficient (Wildman–Crippen LogP) is 2.08. The molecule has 13 nitrogen and oxygen atoms in total. The summed E-state index contributed by atoms with van der Waals surface area (Å²) in [5.41, 5.74) is 13.3. The highest BCUT2D eigenvalue weighted by Gasteiger charge is 2.32. The number of piperazine rings is 2. The number of nitrogens with two attached hydrogens (primary N) is 2. The van der Waals surface area contributed by atoms with E-state index in [9.17, 15) is 14.4 Å². The number of nitrogens with one attached hydrogen (secondary N) is 2. The molecule has 2 fully saturated rings. The SMILES string of the molecule is N=C(N)c1ccc2oc(C(=O)N3CCN(C(=O)N4CCN(C(=O)c5cc6cc(C(=N)N)ccc6o5)CC4)CC3)cc2c1. The summed E-state index contributed by atoms with van der Waals surface area (Å²) in [4.78, 5) is 46.1. The third kappa shape index (κ3) is 5.00. The van der Waals surface area contributed by atoms with Crippen LogP contribution in [0.1, 0.15) is 32.2 Å². The zero-order valence-corrected chi connectivity index (χ0v) is 22.8. The van der Waals surface area contributed by atoms with Crippen LogP contribution in [0.4, 0.5) is 4.79 Å². The zero-order chi connectivity index (χ0) is 29.5. The molecule has 4 heterocycles. The fourth-order valence-electron chi connectivity index (χ4n) is 5.35. The molecule has 0 bridgehead atoms. The summed E-state index contributed by atoms with van der Waals surface area (Å²) in [5, 5.41) is 16.6. The van der Waals surface area contributed by atoms with Crippen LogP contribution in [-0.4, -0.2) is 101 Å². The molecule has 0 spiro atoms. The summed E-state index contributed by atoms with van der Waals surface area (Å²) in [6.07, 6.45) is 0. The summed E-state index contributed by atoms with van der Waals surface area (Å²) >= 11 is 0. The molecule has 42 heavy (non-hydrogen) atoms. The molecule has 2 saturated heterocycles. The number of hydrogen-bond acceptors (Lipinski definition) is 7. The van der Waals surface area contributed by atoms with Gasteiger partial charge in [0.25, 0.3) is 11.8 Å². The van der Waals surface area contributed by atoms with Crippen LogP contribution < -0.4 is 11.5 Å². The number of benzene rings is 2. The van der Waals surface area contributed by atoms with Gasteiger partial charge >= 0.3 is 6.03 Å². The average molecular weight is 571 g/mol. The van der Waals surface area contributed by atoms with Crippen molar-refractivity contribution < 1.29 is 23.2 Å². The average Bonchev–Trinajstić information content (AvgIpc) is 3.64. The van der Waals surface area contributed by atoms with Crippen molar-refractivity contribution in [2.45, 2.75) is 0 Å². The van der Waals surface area contributed by atoms with Crippen LogP contribution in [-0.2, 0) is 0 Å². The van der Waals surface area contributed by atoms with Gasteiger partial charge in [-0.2, -0.15) is 0 Å².